The Balaban J connectivity index is 0.00000121. The number of hydrogen-bond acceptors (Lipinski definition) is 0. The second kappa shape index (κ2) is 7.28. The van der Waals surface area contributed by atoms with Gasteiger partial charge in [-0.3, -0.25) is 0 Å². The van der Waals surface area contributed by atoms with Gasteiger partial charge in [0.25, 0.3) is 0 Å². The second-order valence-electron chi connectivity index (χ2n) is 2.14. The SMILES string of the molecule is ClC(Cl)CPc1ccccc1.[Ru]. The molecule has 0 heterocycles. The van der Waals surface area contributed by atoms with Gasteiger partial charge in [-0.05, 0) is 11.5 Å². The molecule has 0 nitrogen and oxygen atoms in total. The van der Waals surface area contributed by atoms with Gasteiger partial charge in [-0.1, -0.05) is 38.9 Å². The first-order valence-electron chi connectivity index (χ1n) is 3.36. The summed E-state index contributed by atoms with van der Waals surface area (Å²) in [5, 5.41) is 1.32. The molecule has 0 bridgehead atoms. The maximum Gasteiger partial charge on any atom is 0.111 e. The normalized spacial score (nSPS) is 10.6. The molecule has 1 unspecified atom stereocenters. The van der Waals surface area contributed by atoms with Crippen molar-refractivity contribution in [2.75, 3.05) is 6.16 Å². The van der Waals surface area contributed by atoms with E-state index in [1.807, 2.05) is 18.2 Å². The zero-order valence-electron chi connectivity index (χ0n) is 6.28. The minimum Gasteiger partial charge on any atom is -0.105 e. The third kappa shape index (κ3) is 5.49. The summed E-state index contributed by atoms with van der Waals surface area (Å²) in [6.45, 7) is 0. The number of alkyl halides is 2. The first-order chi connectivity index (χ1) is 5.29. The molecule has 0 saturated carbocycles. The Hall–Kier alpha value is 0.853. The summed E-state index contributed by atoms with van der Waals surface area (Å²) in [6.07, 6.45) is 0.854. The van der Waals surface area contributed by atoms with Crippen LogP contribution in [0.5, 0.6) is 0 Å². The molecule has 12 heavy (non-hydrogen) atoms. The van der Waals surface area contributed by atoms with Crippen molar-refractivity contribution in [1.82, 2.24) is 0 Å². The van der Waals surface area contributed by atoms with E-state index in [4.69, 9.17) is 23.2 Å². The molecule has 0 spiro atoms. The molecule has 1 rings (SSSR count). The van der Waals surface area contributed by atoms with Gasteiger partial charge in [0.15, 0.2) is 0 Å². The molecule has 1 aromatic carbocycles. The Bertz CT molecular complexity index is 203. The molecule has 1 aromatic rings. The fourth-order valence-electron chi connectivity index (χ4n) is 0.751. The van der Waals surface area contributed by atoms with Crippen LogP contribution < -0.4 is 5.30 Å². The molecule has 0 fully saturated rings. The predicted molar refractivity (Wildman–Crippen MR) is 54.8 cm³/mol. The van der Waals surface area contributed by atoms with Crippen LogP contribution in [0, 0.1) is 0 Å². The summed E-state index contributed by atoms with van der Waals surface area (Å²) in [6, 6.07) is 10.2. The summed E-state index contributed by atoms with van der Waals surface area (Å²) < 4.78 is 0. The van der Waals surface area contributed by atoms with Gasteiger partial charge < -0.3 is 0 Å². The minimum absolute atomic E-state index is 0. The van der Waals surface area contributed by atoms with Crippen LogP contribution in [-0.4, -0.2) is 11.0 Å². The molecule has 0 saturated heterocycles. The van der Waals surface area contributed by atoms with Crippen LogP contribution in [0.15, 0.2) is 30.3 Å². The Morgan fingerprint density at radius 3 is 2.25 bits per heavy atom. The molecule has 0 aliphatic rings. The zero-order chi connectivity index (χ0) is 8.10. The van der Waals surface area contributed by atoms with Crippen LogP contribution in [0.3, 0.4) is 0 Å². The van der Waals surface area contributed by atoms with Crippen molar-refractivity contribution in [1.29, 1.82) is 0 Å². The average Bonchev–Trinajstić information content (AvgIpc) is 2.03. The van der Waals surface area contributed by atoms with Crippen LogP contribution in [0.1, 0.15) is 0 Å². The van der Waals surface area contributed by atoms with Crippen molar-refractivity contribution in [3.8, 4) is 0 Å². The van der Waals surface area contributed by atoms with Crippen molar-refractivity contribution in [2.24, 2.45) is 0 Å². The maximum atomic E-state index is 5.60. The van der Waals surface area contributed by atoms with Gasteiger partial charge >= 0.3 is 0 Å². The third-order valence-corrected chi connectivity index (χ3v) is 3.41. The molecule has 1 atom stereocenters. The first kappa shape index (κ1) is 12.9. The topological polar surface area (TPSA) is 0 Å². The molecule has 0 aliphatic carbocycles. The Morgan fingerprint density at radius 2 is 1.75 bits per heavy atom. The van der Waals surface area contributed by atoms with Gasteiger partial charge in [0.05, 0.1) is 0 Å². The van der Waals surface area contributed by atoms with Crippen LogP contribution in [0.2, 0.25) is 0 Å². The summed E-state index contributed by atoms with van der Waals surface area (Å²) >= 11 is 11.2. The van der Waals surface area contributed by atoms with E-state index in [1.54, 1.807) is 0 Å². The van der Waals surface area contributed by atoms with Crippen molar-refractivity contribution in [3.05, 3.63) is 30.3 Å². The van der Waals surface area contributed by atoms with E-state index in [1.165, 1.54) is 5.30 Å². The minimum atomic E-state index is -0.228. The molecule has 0 N–H and O–H groups in total. The van der Waals surface area contributed by atoms with Crippen molar-refractivity contribution >= 4 is 37.1 Å². The molecule has 0 aromatic heterocycles. The third-order valence-electron chi connectivity index (χ3n) is 1.23. The van der Waals surface area contributed by atoms with Crippen LogP contribution in [-0.2, 0) is 19.5 Å². The van der Waals surface area contributed by atoms with Gasteiger partial charge in [0.2, 0.25) is 0 Å². The van der Waals surface area contributed by atoms with Crippen LogP contribution in [0.25, 0.3) is 0 Å². The Kier molecular flexibility index (Phi) is 7.79. The fourth-order valence-corrected chi connectivity index (χ4v) is 2.03. The van der Waals surface area contributed by atoms with E-state index >= 15 is 0 Å². The largest absolute Gasteiger partial charge is 0.111 e. The predicted octanol–water partition coefficient (Wildman–Crippen LogP) is 2.79. The molecule has 68 valence electrons. The quantitative estimate of drug-likeness (QED) is 0.458. The Labute approximate surface area is 97.6 Å². The molecular weight excluding hydrogens is 299 g/mol. The first-order valence-corrected chi connectivity index (χ1v) is 5.44. The fraction of sp³-hybridized carbons (Fsp3) is 0.250. The summed E-state index contributed by atoms with van der Waals surface area (Å²) in [4.78, 5) is -0.228. The summed E-state index contributed by atoms with van der Waals surface area (Å²) in [5.41, 5.74) is 0. The van der Waals surface area contributed by atoms with Crippen LogP contribution in [0.4, 0.5) is 0 Å². The molecular formula is C8H9Cl2PRu. The molecule has 0 radical (unpaired) electrons. The van der Waals surface area contributed by atoms with Crippen LogP contribution >= 0.6 is 31.8 Å². The number of hydrogen-bond donors (Lipinski definition) is 0. The molecule has 0 amide bonds. The van der Waals surface area contributed by atoms with Gasteiger partial charge in [-0.15, -0.1) is 23.2 Å². The molecule has 4 heteroatoms. The van der Waals surface area contributed by atoms with Gasteiger partial charge in [0, 0.05) is 19.5 Å². The summed E-state index contributed by atoms with van der Waals surface area (Å²) in [7, 11) is 0.721. The number of halogens is 2. The van der Waals surface area contributed by atoms with Crippen molar-refractivity contribution in [3.63, 3.8) is 0 Å². The zero-order valence-corrected chi connectivity index (χ0v) is 10.5. The van der Waals surface area contributed by atoms with Crippen molar-refractivity contribution < 1.29 is 19.5 Å². The van der Waals surface area contributed by atoms with E-state index in [2.05, 4.69) is 12.1 Å². The average molecular weight is 308 g/mol. The Morgan fingerprint density at radius 1 is 1.17 bits per heavy atom. The van der Waals surface area contributed by atoms with E-state index in [-0.39, 0.29) is 24.3 Å². The van der Waals surface area contributed by atoms with E-state index in [9.17, 15) is 0 Å². The van der Waals surface area contributed by atoms with Gasteiger partial charge in [-0.2, -0.15) is 0 Å². The van der Waals surface area contributed by atoms with Gasteiger partial charge in [-0.25, -0.2) is 0 Å². The standard InChI is InChI=1S/C8H9Cl2P.Ru/c9-8(10)6-11-7-4-2-1-3-5-7;/h1-5,8,11H,6H2;. The summed E-state index contributed by atoms with van der Waals surface area (Å²) in [5.74, 6) is 0. The smallest absolute Gasteiger partial charge is 0.105 e. The van der Waals surface area contributed by atoms with E-state index < -0.39 is 0 Å². The molecule has 0 aliphatic heterocycles. The van der Waals surface area contributed by atoms with Crippen molar-refractivity contribution in [2.45, 2.75) is 4.84 Å². The monoisotopic (exact) mass is 308 g/mol. The maximum absolute atomic E-state index is 5.60. The number of benzene rings is 1. The number of rotatable bonds is 3. The van der Waals surface area contributed by atoms with E-state index in [0.717, 1.165) is 14.7 Å². The van der Waals surface area contributed by atoms with Gasteiger partial charge in [0.1, 0.15) is 4.84 Å². The van der Waals surface area contributed by atoms with E-state index in [0.29, 0.717) is 0 Å². The second-order valence-corrected chi connectivity index (χ2v) is 4.75.